The van der Waals surface area contributed by atoms with Crippen molar-refractivity contribution in [3.8, 4) is 0 Å². The number of aliphatic hydroxyl groups excluding tert-OH is 1. The van der Waals surface area contributed by atoms with E-state index in [1.165, 1.54) is 12.1 Å². The van der Waals surface area contributed by atoms with Crippen molar-refractivity contribution < 1.29 is 19.2 Å². The number of furan rings is 1. The molecule has 0 aromatic carbocycles. The van der Waals surface area contributed by atoms with Crippen molar-refractivity contribution >= 4 is 11.8 Å². The van der Waals surface area contributed by atoms with Crippen LogP contribution in [0.2, 0.25) is 0 Å². The van der Waals surface area contributed by atoms with Gasteiger partial charge in [-0.3, -0.25) is 14.9 Å². The van der Waals surface area contributed by atoms with Gasteiger partial charge < -0.3 is 14.4 Å². The van der Waals surface area contributed by atoms with Gasteiger partial charge in [0.15, 0.2) is 5.76 Å². The molecule has 7 nitrogen and oxygen atoms in total. The van der Waals surface area contributed by atoms with Crippen LogP contribution >= 0.6 is 0 Å². The summed E-state index contributed by atoms with van der Waals surface area (Å²) < 4.78 is 4.88. The molecule has 0 bridgehead atoms. The Bertz CT molecular complexity index is 456. The fraction of sp³-hybridized carbons (Fsp3) is 0.545. The average Bonchev–Trinajstić information content (AvgIpc) is 2.87. The predicted molar refractivity (Wildman–Crippen MR) is 61.1 cm³/mol. The number of carbonyl (C=O) groups excluding carboxylic acids is 1. The van der Waals surface area contributed by atoms with E-state index < -0.39 is 10.8 Å². The molecule has 7 heteroatoms. The lowest BCUT2D eigenvalue weighted by atomic mass is 9.99. The molecule has 0 spiro atoms. The highest BCUT2D eigenvalue weighted by Gasteiger charge is 2.27. The molecule has 0 radical (unpaired) electrons. The summed E-state index contributed by atoms with van der Waals surface area (Å²) in [5.41, 5.74) is 0. The molecule has 1 saturated heterocycles. The van der Waals surface area contributed by atoms with E-state index in [0.717, 1.165) is 12.8 Å². The average molecular weight is 254 g/mol. The van der Waals surface area contributed by atoms with Crippen LogP contribution in [-0.2, 0) is 0 Å². The van der Waals surface area contributed by atoms with Crippen LogP contribution < -0.4 is 0 Å². The van der Waals surface area contributed by atoms with Crippen molar-refractivity contribution in [2.24, 2.45) is 5.92 Å². The van der Waals surface area contributed by atoms with Gasteiger partial charge in [-0.2, -0.15) is 0 Å². The zero-order valence-corrected chi connectivity index (χ0v) is 9.74. The number of amides is 1. The molecule has 1 unspecified atom stereocenters. The first-order valence-corrected chi connectivity index (χ1v) is 5.76. The van der Waals surface area contributed by atoms with Crippen LogP contribution in [0, 0.1) is 16.0 Å². The summed E-state index contributed by atoms with van der Waals surface area (Å²) in [6, 6.07) is 2.48. The van der Waals surface area contributed by atoms with E-state index in [1.807, 2.05) is 0 Å². The van der Waals surface area contributed by atoms with Crippen molar-refractivity contribution in [3.63, 3.8) is 0 Å². The third kappa shape index (κ3) is 2.51. The normalized spacial score (nSPS) is 19.8. The van der Waals surface area contributed by atoms with Gasteiger partial charge in [-0.15, -0.1) is 0 Å². The van der Waals surface area contributed by atoms with Gasteiger partial charge in [-0.25, -0.2) is 0 Å². The Balaban J connectivity index is 2.07. The Kier molecular flexibility index (Phi) is 3.61. The van der Waals surface area contributed by atoms with Gasteiger partial charge in [0, 0.05) is 19.7 Å². The molecule has 1 N–H and O–H groups in total. The number of likely N-dealkylation sites (tertiary alicyclic amines) is 1. The van der Waals surface area contributed by atoms with Crippen molar-refractivity contribution in [2.75, 3.05) is 19.7 Å². The van der Waals surface area contributed by atoms with Gasteiger partial charge >= 0.3 is 5.88 Å². The van der Waals surface area contributed by atoms with E-state index in [4.69, 9.17) is 9.52 Å². The number of hydrogen-bond donors (Lipinski definition) is 1. The topological polar surface area (TPSA) is 96.8 Å². The number of hydrogen-bond acceptors (Lipinski definition) is 5. The largest absolute Gasteiger partial charge is 0.433 e. The molecule has 1 aliphatic heterocycles. The molecule has 1 atom stereocenters. The first kappa shape index (κ1) is 12.6. The summed E-state index contributed by atoms with van der Waals surface area (Å²) >= 11 is 0. The molecule has 18 heavy (non-hydrogen) atoms. The van der Waals surface area contributed by atoms with Crippen LogP contribution in [-0.4, -0.2) is 40.5 Å². The smallest absolute Gasteiger partial charge is 0.396 e. The quantitative estimate of drug-likeness (QED) is 0.641. The predicted octanol–water partition coefficient (Wildman–Crippen LogP) is 1.03. The minimum Gasteiger partial charge on any atom is -0.396 e. The van der Waals surface area contributed by atoms with Gasteiger partial charge in [-0.1, -0.05) is 0 Å². The molecule has 2 heterocycles. The van der Waals surface area contributed by atoms with Crippen LogP contribution in [0.1, 0.15) is 23.4 Å². The summed E-state index contributed by atoms with van der Waals surface area (Å²) in [6.45, 7) is 1.09. The molecule has 1 aromatic rings. The molecule has 1 aliphatic rings. The van der Waals surface area contributed by atoms with Gasteiger partial charge in [-0.05, 0) is 24.8 Å². The van der Waals surface area contributed by atoms with Gasteiger partial charge in [0.1, 0.15) is 4.92 Å². The van der Waals surface area contributed by atoms with E-state index in [9.17, 15) is 14.9 Å². The van der Waals surface area contributed by atoms with Crippen molar-refractivity contribution in [1.82, 2.24) is 4.90 Å². The number of nitro groups is 1. The third-order valence-electron chi connectivity index (χ3n) is 3.05. The van der Waals surface area contributed by atoms with Gasteiger partial charge in [0.05, 0.1) is 6.07 Å². The summed E-state index contributed by atoms with van der Waals surface area (Å²) in [6.07, 6.45) is 1.71. The second kappa shape index (κ2) is 5.18. The number of piperidine rings is 1. The maximum atomic E-state index is 12.0. The lowest BCUT2D eigenvalue weighted by Crippen LogP contribution is -2.40. The second-order valence-electron chi connectivity index (χ2n) is 4.34. The zero-order chi connectivity index (χ0) is 13.1. The second-order valence-corrected chi connectivity index (χ2v) is 4.34. The minimum atomic E-state index is -0.677. The summed E-state index contributed by atoms with van der Waals surface area (Å²) in [4.78, 5) is 23.4. The molecular formula is C11H14N2O5. The molecule has 98 valence electrons. The van der Waals surface area contributed by atoms with Crippen LogP contribution in [0.5, 0.6) is 0 Å². The van der Waals surface area contributed by atoms with Crippen molar-refractivity contribution in [2.45, 2.75) is 12.8 Å². The Morgan fingerprint density at radius 1 is 1.61 bits per heavy atom. The van der Waals surface area contributed by atoms with Crippen molar-refractivity contribution in [3.05, 3.63) is 28.0 Å². The molecule has 1 aromatic heterocycles. The Morgan fingerprint density at radius 2 is 2.39 bits per heavy atom. The van der Waals surface area contributed by atoms with E-state index in [2.05, 4.69) is 0 Å². The molecule has 2 rings (SSSR count). The Hall–Kier alpha value is -1.89. The van der Waals surface area contributed by atoms with Gasteiger partial charge in [0.2, 0.25) is 0 Å². The van der Waals surface area contributed by atoms with E-state index in [1.54, 1.807) is 4.90 Å². The summed E-state index contributed by atoms with van der Waals surface area (Å²) in [7, 11) is 0. The summed E-state index contributed by atoms with van der Waals surface area (Å²) in [5.74, 6) is -0.747. The minimum absolute atomic E-state index is 0.0275. The maximum absolute atomic E-state index is 12.0. The lowest BCUT2D eigenvalue weighted by Gasteiger charge is -2.31. The molecule has 0 aliphatic carbocycles. The van der Waals surface area contributed by atoms with Crippen LogP contribution in [0.15, 0.2) is 16.5 Å². The number of nitrogens with zero attached hydrogens (tertiary/aromatic N) is 2. The number of aliphatic hydroxyl groups is 1. The van der Waals surface area contributed by atoms with Crippen LogP contribution in [0.4, 0.5) is 5.88 Å². The van der Waals surface area contributed by atoms with E-state index in [0.29, 0.717) is 13.1 Å². The van der Waals surface area contributed by atoms with Crippen LogP contribution in [0.3, 0.4) is 0 Å². The molecular weight excluding hydrogens is 240 g/mol. The van der Waals surface area contributed by atoms with E-state index >= 15 is 0 Å². The van der Waals surface area contributed by atoms with Crippen molar-refractivity contribution in [1.29, 1.82) is 0 Å². The SMILES string of the molecule is O=C(c1ccc([N+](=O)[O-])o1)N1CCCC(CO)C1. The standard InChI is InChI=1S/C11H14N2O5/c14-7-8-2-1-5-12(6-8)11(15)9-3-4-10(18-9)13(16)17/h3-4,8,14H,1-2,5-7H2. The monoisotopic (exact) mass is 254 g/mol. The fourth-order valence-electron chi connectivity index (χ4n) is 2.10. The highest BCUT2D eigenvalue weighted by Crippen LogP contribution is 2.21. The lowest BCUT2D eigenvalue weighted by molar-refractivity contribution is -0.402. The van der Waals surface area contributed by atoms with Crippen LogP contribution in [0.25, 0.3) is 0 Å². The molecule has 1 amide bonds. The van der Waals surface area contributed by atoms with Gasteiger partial charge in [0.25, 0.3) is 5.91 Å². The first-order chi connectivity index (χ1) is 8.61. The Labute approximate surface area is 103 Å². The zero-order valence-electron chi connectivity index (χ0n) is 9.74. The fourth-order valence-corrected chi connectivity index (χ4v) is 2.10. The molecule has 1 fully saturated rings. The highest BCUT2D eigenvalue weighted by molar-refractivity contribution is 5.91. The maximum Gasteiger partial charge on any atom is 0.433 e. The first-order valence-electron chi connectivity index (χ1n) is 5.76. The third-order valence-corrected chi connectivity index (χ3v) is 3.05. The van der Waals surface area contributed by atoms with E-state index in [-0.39, 0.29) is 24.2 Å². The molecule has 0 saturated carbocycles. The highest BCUT2D eigenvalue weighted by atomic mass is 16.6. The number of rotatable bonds is 3. The Morgan fingerprint density at radius 3 is 3.00 bits per heavy atom. The number of carbonyl (C=O) groups is 1. The summed E-state index contributed by atoms with van der Waals surface area (Å²) in [5, 5.41) is 19.6.